The SMILES string of the molecule is CC(C)(C)OC(=O)N(CCS(C)(=O)=O)c1nccn2c(Br)cnc12. The Kier molecular flexibility index (Phi) is 5.19. The minimum atomic E-state index is -3.27. The summed E-state index contributed by atoms with van der Waals surface area (Å²) in [7, 11) is -3.27. The van der Waals surface area contributed by atoms with Crippen LogP contribution in [-0.2, 0) is 14.6 Å². The van der Waals surface area contributed by atoms with E-state index in [1.54, 1.807) is 37.6 Å². The summed E-state index contributed by atoms with van der Waals surface area (Å²) in [4.78, 5) is 22.2. The fourth-order valence-corrected chi connectivity index (χ4v) is 2.83. The highest BCUT2D eigenvalue weighted by Crippen LogP contribution is 2.23. The van der Waals surface area contributed by atoms with Crippen LogP contribution >= 0.6 is 15.9 Å². The summed E-state index contributed by atoms with van der Waals surface area (Å²) in [6, 6.07) is 0. The van der Waals surface area contributed by atoms with Gasteiger partial charge in [0.05, 0.1) is 11.9 Å². The molecule has 0 saturated heterocycles. The number of sulfone groups is 1. The standard InChI is InChI=1S/C14H19BrN4O4S/c1-14(2,3)23-13(20)19(7-8-24(4,21)22)11-12-17-9-10(15)18(12)6-5-16-11/h5-6,9H,7-8H2,1-4H3. The molecule has 132 valence electrons. The lowest BCUT2D eigenvalue weighted by atomic mass is 10.2. The zero-order chi connectivity index (χ0) is 18.1. The highest BCUT2D eigenvalue weighted by molar-refractivity contribution is 9.10. The predicted molar refractivity (Wildman–Crippen MR) is 94.0 cm³/mol. The molecular weight excluding hydrogens is 400 g/mol. The van der Waals surface area contributed by atoms with Crippen molar-refractivity contribution in [1.82, 2.24) is 14.4 Å². The van der Waals surface area contributed by atoms with Crippen molar-refractivity contribution >= 4 is 43.3 Å². The predicted octanol–water partition coefficient (Wildman–Crippen LogP) is 2.28. The number of aromatic nitrogens is 3. The molecule has 1 amide bonds. The Labute approximate surface area is 148 Å². The lowest BCUT2D eigenvalue weighted by Gasteiger charge is -2.26. The van der Waals surface area contributed by atoms with Gasteiger partial charge in [-0.25, -0.2) is 23.2 Å². The maximum absolute atomic E-state index is 12.5. The van der Waals surface area contributed by atoms with Gasteiger partial charge in [0.1, 0.15) is 20.0 Å². The summed E-state index contributed by atoms with van der Waals surface area (Å²) in [5.41, 5.74) is -0.301. The van der Waals surface area contributed by atoms with Crippen molar-refractivity contribution in [2.75, 3.05) is 23.5 Å². The van der Waals surface area contributed by atoms with Crippen LogP contribution in [0.15, 0.2) is 23.2 Å². The van der Waals surface area contributed by atoms with E-state index in [0.29, 0.717) is 10.3 Å². The lowest BCUT2D eigenvalue weighted by Crippen LogP contribution is -2.40. The van der Waals surface area contributed by atoms with Crippen molar-refractivity contribution < 1.29 is 17.9 Å². The lowest BCUT2D eigenvalue weighted by molar-refractivity contribution is 0.0581. The Balaban J connectivity index is 2.45. The van der Waals surface area contributed by atoms with E-state index in [2.05, 4.69) is 25.9 Å². The van der Waals surface area contributed by atoms with Crippen LogP contribution in [0.25, 0.3) is 5.65 Å². The van der Waals surface area contributed by atoms with Crippen molar-refractivity contribution in [3.63, 3.8) is 0 Å². The Hall–Kier alpha value is -1.68. The maximum atomic E-state index is 12.5. The van der Waals surface area contributed by atoms with E-state index in [1.165, 1.54) is 11.1 Å². The molecule has 2 aromatic heterocycles. The molecule has 0 N–H and O–H groups in total. The van der Waals surface area contributed by atoms with Gasteiger partial charge in [-0.3, -0.25) is 9.30 Å². The third-order valence-corrected chi connectivity index (χ3v) is 4.43. The van der Waals surface area contributed by atoms with Crippen LogP contribution in [0.2, 0.25) is 0 Å². The van der Waals surface area contributed by atoms with Gasteiger partial charge >= 0.3 is 6.09 Å². The van der Waals surface area contributed by atoms with Crippen molar-refractivity contribution in [3.8, 4) is 0 Å². The highest BCUT2D eigenvalue weighted by atomic mass is 79.9. The summed E-state index contributed by atoms with van der Waals surface area (Å²) < 4.78 is 30.8. The van der Waals surface area contributed by atoms with Gasteiger partial charge in [-0.2, -0.15) is 0 Å². The molecule has 0 aliphatic heterocycles. The Morgan fingerprint density at radius 2 is 2.04 bits per heavy atom. The van der Waals surface area contributed by atoms with Crippen LogP contribution in [0, 0.1) is 0 Å². The number of carbonyl (C=O) groups excluding carboxylic acids is 1. The molecule has 0 unspecified atom stereocenters. The van der Waals surface area contributed by atoms with E-state index in [9.17, 15) is 13.2 Å². The molecule has 0 bridgehead atoms. The van der Waals surface area contributed by atoms with Crippen molar-refractivity contribution in [3.05, 3.63) is 23.2 Å². The summed E-state index contributed by atoms with van der Waals surface area (Å²) in [6.45, 7) is 5.13. The van der Waals surface area contributed by atoms with E-state index >= 15 is 0 Å². The molecule has 0 saturated carbocycles. The monoisotopic (exact) mass is 418 g/mol. The number of fused-ring (bicyclic) bond motifs is 1. The Bertz CT molecular complexity index is 857. The molecule has 2 aromatic rings. The summed E-state index contributed by atoms with van der Waals surface area (Å²) >= 11 is 3.35. The average Bonchev–Trinajstić information content (AvgIpc) is 2.78. The smallest absolute Gasteiger partial charge is 0.416 e. The van der Waals surface area contributed by atoms with Crippen LogP contribution in [0.5, 0.6) is 0 Å². The minimum Gasteiger partial charge on any atom is -0.443 e. The molecule has 0 aromatic carbocycles. The maximum Gasteiger partial charge on any atom is 0.416 e. The summed E-state index contributed by atoms with van der Waals surface area (Å²) in [5.74, 6) is 0.0257. The van der Waals surface area contributed by atoms with E-state index in [1.807, 2.05) is 0 Å². The molecule has 10 heteroatoms. The van der Waals surface area contributed by atoms with Gasteiger partial charge in [-0.15, -0.1) is 0 Å². The van der Waals surface area contributed by atoms with Crippen LogP contribution in [0.4, 0.5) is 10.6 Å². The van der Waals surface area contributed by atoms with E-state index in [-0.39, 0.29) is 18.1 Å². The molecule has 0 radical (unpaired) electrons. The number of carbonyl (C=O) groups is 1. The van der Waals surface area contributed by atoms with Gasteiger partial charge in [0.25, 0.3) is 0 Å². The van der Waals surface area contributed by atoms with Crippen LogP contribution < -0.4 is 4.90 Å². The van der Waals surface area contributed by atoms with Gasteiger partial charge < -0.3 is 4.74 Å². The second kappa shape index (κ2) is 6.67. The molecule has 0 aliphatic rings. The molecule has 0 fully saturated rings. The topological polar surface area (TPSA) is 93.9 Å². The molecule has 8 nitrogen and oxygen atoms in total. The first-order valence-electron chi connectivity index (χ1n) is 7.14. The Morgan fingerprint density at radius 1 is 1.38 bits per heavy atom. The van der Waals surface area contributed by atoms with E-state index < -0.39 is 21.5 Å². The summed E-state index contributed by atoms with van der Waals surface area (Å²) in [5, 5.41) is 0. The zero-order valence-electron chi connectivity index (χ0n) is 13.9. The number of hydrogen-bond donors (Lipinski definition) is 0. The quantitative estimate of drug-likeness (QED) is 0.755. The first-order valence-corrected chi connectivity index (χ1v) is 9.99. The molecule has 0 spiro atoms. The first-order chi connectivity index (χ1) is 11.0. The van der Waals surface area contributed by atoms with Crippen LogP contribution in [-0.4, -0.2) is 53.0 Å². The minimum absolute atomic E-state index is 0.0785. The van der Waals surface area contributed by atoms with Gasteiger partial charge in [-0.1, -0.05) is 0 Å². The number of imidazole rings is 1. The normalized spacial score (nSPS) is 12.4. The van der Waals surface area contributed by atoms with Crippen molar-refractivity contribution in [2.45, 2.75) is 26.4 Å². The third kappa shape index (κ3) is 4.67. The van der Waals surface area contributed by atoms with Gasteiger partial charge in [0.15, 0.2) is 11.5 Å². The number of ether oxygens (including phenoxy) is 1. The molecule has 0 aliphatic carbocycles. The van der Waals surface area contributed by atoms with Gasteiger partial charge in [-0.05, 0) is 36.7 Å². The number of anilines is 1. The molecule has 24 heavy (non-hydrogen) atoms. The Morgan fingerprint density at radius 3 is 2.62 bits per heavy atom. The number of nitrogens with zero attached hydrogens (tertiary/aromatic N) is 4. The summed E-state index contributed by atoms with van der Waals surface area (Å²) in [6.07, 6.45) is 5.20. The van der Waals surface area contributed by atoms with Crippen LogP contribution in [0.3, 0.4) is 0 Å². The highest BCUT2D eigenvalue weighted by Gasteiger charge is 2.27. The van der Waals surface area contributed by atoms with Crippen molar-refractivity contribution in [1.29, 1.82) is 0 Å². The number of rotatable bonds is 4. The second-order valence-electron chi connectivity index (χ2n) is 6.29. The van der Waals surface area contributed by atoms with Crippen molar-refractivity contribution in [2.24, 2.45) is 0 Å². The van der Waals surface area contributed by atoms with Gasteiger partial charge in [0.2, 0.25) is 0 Å². The van der Waals surface area contributed by atoms with Gasteiger partial charge in [0, 0.05) is 25.2 Å². The van der Waals surface area contributed by atoms with E-state index in [4.69, 9.17) is 4.74 Å². The largest absolute Gasteiger partial charge is 0.443 e. The fourth-order valence-electron chi connectivity index (χ4n) is 1.92. The second-order valence-corrected chi connectivity index (χ2v) is 9.36. The average molecular weight is 419 g/mol. The first kappa shape index (κ1) is 18.7. The number of hydrogen-bond acceptors (Lipinski definition) is 6. The van der Waals surface area contributed by atoms with E-state index in [0.717, 1.165) is 6.26 Å². The number of amides is 1. The number of halogens is 1. The molecule has 2 heterocycles. The molecular formula is C14H19BrN4O4S. The molecule has 0 atom stereocenters. The molecule has 2 rings (SSSR count). The third-order valence-electron chi connectivity index (χ3n) is 2.92. The van der Waals surface area contributed by atoms with Crippen LogP contribution in [0.1, 0.15) is 20.8 Å². The zero-order valence-corrected chi connectivity index (χ0v) is 16.3. The fraction of sp³-hybridized carbons (Fsp3) is 0.500.